The second kappa shape index (κ2) is 10.1. The molecular formula is C25H36ClF3N6O. The van der Waals surface area contributed by atoms with Gasteiger partial charge in [0.1, 0.15) is 5.41 Å². The van der Waals surface area contributed by atoms with Crippen molar-refractivity contribution in [1.29, 1.82) is 5.26 Å². The quantitative estimate of drug-likeness (QED) is 0.374. The van der Waals surface area contributed by atoms with Crippen LogP contribution in [-0.2, 0) is 4.79 Å². The van der Waals surface area contributed by atoms with Gasteiger partial charge in [0.05, 0.1) is 24.3 Å². The molecule has 0 radical (unpaired) electrons. The van der Waals surface area contributed by atoms with E-state index in [0.29, 0.717) is 57.8 Å². The number of amides is 1. The number of nitrogens with two attached hydrogens (primary N) is 1. The van der Waals surface area contributed by atoms with Gasteiger partial charge < -0.3 is 16.0 Å². The minimum Gasteiger partial charge on any atom is -0.334 e. The summed E-state index contributed by atoms with van der Waals surface area (Å²) in [5.74, 6) is -1.25. The first-order valence-corrected chi connectivity index (χ1v) is 13.6. The van der Waals surface area contributed by atoms with E-state index in [4.69, 9.17) is 17.3 Å². The molecule has 0 aromatic rings. The van der Waals surface area contributed by atoms with Crippen molar-refractivity contribution in [2.75, 3.05) is 39.3 Å². The molecule has 36 heavy (non-hydrogen) atoms. The number of carbonyl (C=O) groups excluding carboxylic acids is 1. The second-order valence-electron chi connectivity index (χ2n) is 11.4. The SMILES string of the molecule is N#CC1(C(=O)N2CC=C(C3CNC(C4CCC(Cl)C(C(F)(F)F)C4)NC3N3CCC(CN)C3)C2)CC1. The van der Waals surface area contributed by atoms with Crippen LogP contribution >= 0.6 is 11.6 Å². The van der Waals surface area contributed by atoms with Crippen LogP contribution in [0.25, 0.3) is 0 Å². The highest BCUT2D eigenvalue weighted by molar-refractivity contribution is 6.20. The van der Waals surface area contributed by atoms with Crippen LogP contribution in [0.4, 0.5) is 13.2 Å². The topological polar surface area (TPSA) is 97.4 Å². The number of hydrogen-bond acceptors (Lipinski definition) is 6. The summed E-state index contributed by atoms with van der Waals surface area (Å²) in [5.41, 5.74) is 6.26. The van der Waals surface area contributed by atoms with Gasteiger partial charge in [-0.1, -0.05) is 6.08 Å². The van der Waals surface area contributed by atoms with Gasteiger partial charge in [-0.3, -0.25) is 15.0 Å². The number of nitrogens with one attached hydrogen (secondary N) is 2. The van der Waals surface area contributed by atoms with E-state index in [0.717, 1.165) is 25.1 Å². The molecule has 5 aliphatic rings. The van der Waals surface area contributed by atoms with Gasteiger partial charge in [-0.05, 0) is 62.5 Å². The molecule has 5 rings (SSSR count). The van der Waals surface area contributed by atoms with Crippen LogP contribution in [0.15, 0.2) is 11.6 Å². The Morgan fingerprint density at radius 1 is 1.31 bits per heavy atom. The third-order valence-corrected chi connectivity index (χ3v) is 9.64. The molecule has 0 aromatic heterocycles. The maximum Gasteiger partial charge on any atom is 0.393 e. The van der Waals surface area contributed by atoms with Crippen molar-refractivity contribution in [3.8, 4) is 6.07 Å². The maximum absolute atomic E-state index is 13.6. The lowest BCUT2D eigenvalue weighted by molar-refractivity contribution is -0.185. The lowest BCUT2D eigenvalue weighted by Crippen LogP contribution is -2.67. The van der Waals surface area contributed by atoms with Crippen molar-refractivity contribution >= 4 is 17.5 Å². The highest BCUT2D eigenvalue weighted by Crippen LogP contribution is 2.47. The Morgan fingerprint density at radius 2 is 2.08 bits per heavy atom. The smallest absolute Gasteiger partial charge is 0.334 e. The Morgan fingerprint density at radius 3 is 2.72 bits per heavy atom. The fourth-order valence-electron chi connectivity index (χ4n) is 6.64. The van der Waals surface area contributed by atoms with E-state index in [2.05, 4.69) is 27.7 Å². The maximum atomic E-state index is 13.6. The lowest BCUT2D eigenvalue weighted by Gasteiger charge is -2.47. The standard InChI is InChI=1S/C25H36ClF3N6O/c26-20-2-1-16(9-19(20)25(27,28)29)21-32-11-18(22(33-21)34-7-3-15(10-30)12-34)17-4-8-35(13-17)23(36)24(14-31)5-6-24/h4,15-16,18-22,32-33H,1-3,5-13,30H2. The minimum atomic E-state index is -4.29. The first-order chi connectivity index (χ1) is 17.1. The molecule has 0 aromatic carbocycles. The molecule has 4 fully saturated rings. The van der Waals surface area contributed by atoms with Crippen LogP contribution < -0.4 is 16.4 Å². The predicted octanol–water partition coefficient (Wildman–Crippen LogP) is 2.39. The summed E-state index contributed by atoms with van der Waals surface area (Å²) in [6.07, 6.45) is 0.809. The Hall–Kier alpha value is -1.38. The zero-order valence-corrected chi connectivity index (χ0v) is 21.2. The molecule has 4 N–H and O–H groups in total. The van der Waals surface area contributed by atoms with Crippen LogP contribution in [0.1, 0.15) is 38.5 Å². The van der Waals surface area contributed by atoms with E-state index in [1.165, 1.54) is 0 Å². The summed E-state index contributed by atoms with van der Waals surface area (Å²) in [6, 6.07) is 2.20. The molecule has 7 nitrogen and oxygen atoms in total. The summed E-state index contributed by atoms with van der Waals surface area (Å²) in [4.78, 5) is 17.1. The Kier molecular flexibility index (Phi) is 7.33. The highest BCUT2D eigenvalue weighted by atomic mass is 35.5. The number of hydrogen-bond donors (Lipinski definition) is 3. The van der Waals surface area contributed by atoms with Gasteiger partial charge in [0.2, 0.25) is 5.91 Å². The highest BCUT2D eigenvalue weighted by Gasteiger charge is 2.54. The van der Waals surface area contributed by atoms with E-state index < -0.39 is 22.9 Å². The first-order valence-electron chi connectivity index (χ1n) is 13.2. The average Bonchev–Trinajstić information content (AvgIpc) is 3.27. The largest absolute Gasteiger partial charge is 0.393 e. The van der Waals surface area contributed by atoms with Crippen LogP contribution in [0.3, 0.4) is 0 Å². The number of halogens is 4. The molecule has 7 unspecified atom stereocenters. The molecule has 0 bridgehead atoms. The molecular weight excluding hydrogens is 493 g/mol. The Balaban J connectivity index is 1.29. The van der Waals surface area contributed by atoms with Crippen molar-refractivity contribution in [1.82, 2.24) is 20.4 Å². The van der Waals surface area contributed by atoms with E-state index >= 15 is 0 Å². The van der Waals surface area contributed by atoms with Gasteiger partial charge in [0, 0.05) is 44.0 Å². The van der Waals surface area contributed by atoms with Gasteiger partial charge in [-0.25, -0.2) is 0 Å². The van der Waals surface area contributed by atoms with Crippen molar-refractivity contribution in [2.24, 2.45) is 34.8 Å². The van der Waals surface area contributed by atoms with Crippen LogP contribution in [0.2, 0.25) is 0 Å². The van der Waals surface area contributed by atoms with E-state index in [-0.39, 0.29) is 36.5 Å². The van der Waals surface area contributed by atoms with Gasteiger partial charge in [0.15, 0.2) is 0 Å². The van der Waals surface area contributed by atoms with Crippen LogP contribution in [0, 0.1) is 40.4 Å². The summed E-state index contributed by atoms with van der Waals surface area (Å²) >= 11 is 6.09. The number of rotatable bonds is 5. The fourth-order valence-corrected chi connectivity index (χ4v) is 7.01. The first kappa shape index (κ1) is 26.2. The summed E-state index contributed by atoms with van der Waals surface area (Å²) in [5, 5.41) is 15.8. The van der Waals surface area contributed by atoms with E-state index in [9.17, 15) is 23.2 Å². The summed E-state index contributed by atoms with van der Waals surface area (Å²) < 4.78 is 40.8. The number of nitrogens with zero attached hydrogens (tertiary/aromatic N) is 3. The third kappa shape index (κ3) is 5.02. The summed E-state index contributed by atoms with van der Waals surface area (Å²) in [6.45, 7) is 3.98. The molecule has 0 spiro atoms. The molecule has 2 aliphatic carbocycles. The molecule has 200 valence electrons. The molecule has 2 saturated heterocycles. The Labute approximate surface area is 215 Å². The van der Waals surface area contributed by atoms with Crippen molar-refractivity contribution < 1.29 is 18.0 Å². The number of alkyl halides is 4. The van der Waals surface area contributed by atoms with E-state index in [1.807, 2.05) is 0 Å². The second-order valence-corrected chi connectivity index (χ2v) is 11.9. The van der Waals surface area contributed by atoms with Crippen molar-refractivity contribution in [3.05, 3.63) is 11.6 Å². The van der Waals surface area contributed by atoms with Gasteiger partial charge in [-0.15, -0.1) is 11.6 Å². The minimum absolute atomic E-state index is 0.0202. The van der Waals surface area contributed by atoms with Crippen LogP contribution in [-0.4, -0.2) is 78.9 Å². The lowest BCUT2D eigenvalue weighted by atomic mass is 9.78. The van der Waals surface area contributed by atoms with Gasteiger partial charge in [-0.2, -0.15) is 18.4 Å². The normalized spacial score (nSPS) is 39.1. The van der Waals surface area contributed by atoms with Gasteiger partial charge in [0.25, 0.3) is 0 Å². The van der Waals surface area contributed by atoms with E-state index in [1.54, 1.807) is 4.90 Å². The van der Waals surface area contributed by atoms with Crippen molar-refractivity contribution in [2.45, 2.75) is 62.4 Å². The third-order valence-electron chi connectivity index (χ3n) is 9.12. The molecule has 2 saturated carbocycles. The monoisotopic (exact) mass is 528 g/mol. The fraction of sp³-hybridized carbons (Fsp3) is 0.840. The predicted molar refractivity (Wildman–Crippen MR) is 129 cm³/mol. The molecule has 1 amide bonds. The number of carbonyl (C=O) groups is 1. The molecule has 3 aliphatic heterocycles. The molecule has 3 heterocycles. The number of likely N-dealkylation sites (tertiary alicyclic amines) is 1. The zero-order valence-electron chi connectivity index (χ0n) is 20.4. The summed E-state index contributed by atoms with van der Waals surface area (Å²) in [7, 11) is 0. The average molecular weight is 529 g/mol. The van der Waals surface area contributed by atoms with Crippen molar-refractivity contribution in [3.63, 3.8) is 0 Å². The number of nitriles is 1. The molecule has 7 atom stereocenters. The Bertz CT molecular complexity index is 918. The molecule has 11 heteroatoms. The van der Waals surface area contributed by atoms with Crippen LogP contribution in [0.5, 0.6) is 0 Å². The van der Waals surface area contributed by atoms with Gasteiger partial charge >= 0.3 is 6.18 Å². The zero-order chi connectivity index (χ0) is 25.7.